The molecule has 1 N–H and O–H groups in total. The Morgan fingerprint density at radius 2 is 2.29 bits per heavy atom. The van der Waals surface area contributed by atoms with Gasteiger partial charge >= 0.3 is 0 Å². The van der Waals surface area contributed by atoms with Gasteiger partial charge in [-0.25, -0.2) is 0 Å². The molecule has 1 atom stereocenters. The predicted molar refractivity (Wildman–Crippen MR) is 67.1 cm³/mol. The van der Waals surface area contributed by atoms with E-state index in [0.717, 1.165) is 18.7 Å². The Labute approximate surface area is 102 Å². The van der Waals surface area contributed by atoms with E-state index in [1.54, 1.807) is 7.11 Å². The molecule has 1 unspecified atom stereocenters. The Morgan fingerprint density at radius 1 is 1.53 bits per heavy atom. The summed E-state index contributed by atoms with van der Waals surface area (Å²) in [5.41, 5.74) is 2.19. The minimum absolute atomic E-state index is 0.0227. The number of methoxy groups -OCH3 is 1. The maximum Gasteiger partial charge on any atom is 0.252 e. The Bertz CT molecular complexity index is 406. The predicted octanol–water partition coefficient (Wildman–Crippen LogP) is 1.33. The zero-order valence-electron chi connectivity index (χ0n) is 10.3. The van der Waals surface area contributed by atoms with Crippen LogP contribution in [0.25, 0.3) is 0 Å². The van der Waals surface area contributed by atoms with Crippen molar-refractivity contribution < 1.29 is 9.53 Å². The lowest BCUT2D eigenvalue weighted by Gasteiger charge is -2.34. The van der Waals surface area contributed by atoms with E-state index >= 15 is 0 Å². The van der Waals surface area contributed by atoms with Gasteiger partial charge in [0.1, 0.15) is 6.61 Å². The number of carbonyl (C=O) groups excluding carboxylic acids is 1. The first-order chi connectivity index (χ1) is 8.27. The zero-order chi connectivity index (χ0) is 12.3. The Balaban J connectivity index is 2.31. The van der Waals surface area contributed by atoms with Crippen molar-refractivity contribution in [1.29, 1.82) is 0 Å². The third kappa shape index (κ3) is 2.33. The van der Waals surface area contributed by atoms with Crippen LogP contribution >= 0.6 is 0 Å². The molecule has 17 heavy (non-hydrogen) atoms. The SMILES string of the molecule is CNC1CCN(C(=O)COC)c2ccccc21. The summed E-state index contributed by atoms with van der Waals surface area (Å²) >= 11 is 0. The number of hydrogen-bond acceptors (Lipinski definition) is 3. The monoisotopic (exact) mass is 234 g/mol. The molecule has 1 aromatic carbocycles. The number of para-hydroxylation sites is 1. The van der Waals surface area contributed by atoms with Crippen molar-refractivity contribution in [3.8, 4) is 0 Å². The summed E-state index contributed by atoms with van der Waals surface area (Å²) in [7, 11) is 3.50. The van der Waals surface area contributed by atoms with Gasteiger partial charge in [-0.1, -0.05) is 18.2 Å². The number of fused-ring (bicyclic) bond motifs is 1. The molecule has 0 saturated carbocycles. The highest BCUT2D eigenvalue weighted by Crippen LogP contribution is 2.33. The summed E-state index contributed by atoms with van der Waals surface area (Å²) in [6.45, 7) is 0.878. The number of benzene rings is 1. The van der Waals surface area contributed by atoms with Crippen molar-refractivity contribution in [2.24, 2.45) is 0 Å². The molecular formula is C13H18N2O2. The van der Waals surface area contributed by atoms with Gasteiger partial charge in [-0.2, -0.15) is 0 Å². The van der Waals surface area contributed by atoms with E-state index in [4.69, 9.17) is 4.74 Å². The molecule has 1 aromatic rings. The molecule has 0 bridgehead atoms. The lowest BCUT2D eigenvalue weighted by Crippen LogP contribution is -2.40. The fourth-order valence-corrected chi connectivity index (χ4v) is 2.32. The van der Waals surface area contributed by atoms with E-state index in [0.29, 0.717) is 6.04 Å². The van der Waals surface area contributed by atoms with Gasteiger partial charge in [0.15, 0.2) is 0 Å². The van der Waals surface area contributed by atoms with Gasteiger partial charge in [0.2, 0.25) is 0 Å². The van der Waals surface area contributed by atoms with Gasteiger partial charge in [-0.3, -0.25) is 4.79 Å². The van der Waals surface area contributed by atoms with Gasteiger partial charge in [-0.05, 0) is 25.1 Å². The first-order valence-corrected chi connectivity index (χ1v) is 5.83. The van der Waals surface area contributed by atoms with Crippen LogP contribution in [-0.2, 0) is 9.53 Å². The lowest BCUT2D eigenvalue weighted by atomic mass is 9.96. The number of nitrogens with one attached hydrogen (secondary N) is 1. The van der Waals surface area contributed by atoms with Crippen LogP contribution in [0.3, 0.4) is 0 Å². The molecule has 0 saturated heterocycles. The second-order valence-electron chi connectivity index (χ2n) is 4.17. The molecule has 4 heteroatoms. The van der Waals surface area contributed by atoms with Crippen molar-refractivity contribution >= 4 is 11.6 Å². The Morgan fingerprint density at radius 3 is 3.00 bits per heavy atom. The highest BCUT2D eigenvalue weighted by atomic mass is 16.5. The van der Waals surface area contributed by atoms with Crippen molar-refractivity contribution in [2.45, 2.75) is 12.5 Å². The van der Waals surface area contributed by atoms with Crippen LogP contribution in [0.1, 0.15) is 18.0 Å². The topological polar surface area (TPSA) is 41.6 Å². The number of carbonyl (C=O) groups is 1. The molecule has 0 spiro atoms. The molecule has 1 aliphatic rings. The normalized spacial score (nSPS) is 18.9. The summed E-state index contributed by atoms with van der Waals surface area (Å²) in [6, 6.07) is 8.37. The molecule has 0 aliphatic carbocycles. The van der Waals surface area contributed by atoms with E-state index in [1.807, 2.05) is 30.1 Å². The van der Waals surface area contributed by atoms with E-state index < -0.39 is 0 Å². The van der Waals surface area contributed by atoms with Crippen LogP contribution in [0.15, 0.2) is 24.3 Å². The molecule has 0 radical (unpaired) electrons. The van der Waals surface area contributed by atoms with Gasteiger partial charge < -0.3 is 15.0 Å². The average Bonchev–Trinajstić information content (AvgIpc) is 2.37. The fraction of sp³-hybridized carbons (Fsp3) is 0.462. The highest BCUT2D eigenvalue weighted by Gasteiger charge is 2.27. The van der Waals surface area contributed by atoms with Gasteiger partial charge in [0.05, 0.1) is 0 Å². The van der Waals surface area contributed by atoms with Crippen LogP contribution in [0.4, 0.5) is 5.69 Å². The third-order valence-electron chi connectivity index (χ3n) is 3.16. The van der Waals surface area contributed by atoms with Crippen LogP contribution in [0.2, 0.25) is 0 Å². The maximum absolute atomic E-state index is 11.9. The highest BCUT2D eigenvalue weighted by molar-refractivity contribution is 5.95. The van der Waals surface area contributed by atoms with E-state index in [1.165, 1.54) is 5.56 Å². The number of rotatable bonds is 3. The standard InChI is InChI=1S/C13H18N2O2/c1-14-11-7-8-15(13(16)9-17-2)12-6-4-3-5-10(11)12/h3-6,11,14H,7-9H2,1-2H3. The largest absolute Gasteiger partial charge is 0.375 e. The van der Waals surface area contributed by atoms with Crippen molar-refractivity contribution in [3.63, 3.8) is 0 Å². The Hall–Kier alpha value is -1.39. The van der Waals surface area contributed by atoms with Crippen LogP contribution in [0.5, 0.6) is 0 Å². The fourth-order valence-electron chi connectivity index (χ4n) is 2.32. The van der Waals surface area contributed by atoms with E-state index in [2.05, 4.69) is 11.4 Å². The molecule has 0 aromatic heterocycles. The minimum atomic E-state index is 0.0227. The third-order valence-corrected chi connectivity index (χ3v) is 3.16. The minimum Gasteiger partial charge on any atom is -0.375 e. The second-order valence-corrected chi connectivity index (χ2v) is 4.17. The van der Waals surface area contributed by atoms with E-state index in [-0.39, 0.29) is 12.5 Å². The van der Waals surface area contributed by atoms with Crippen LogP contribution < -0.4 is 10.2 Å². The maximum atomic E-state index is 11.9. The molecule has 4 nitrogen and oxygen atoms in total. The van der Waals surface area contributed by atoms with Crippen molar-refractivity contribution in [2.75, 3.05) is 32.2 Å². The zero-order valence-corrected chi connectivity index (χ0v) is 10.3. The summed E-state index contributed by atoms with van der Waals surface area (Å²) in [5.74, 6) is 0.0227. The van der Waals surface area contributed by atoms with Crippen molar-refractivity contribution in [1.82, 2.24) is 5.32 Å². The number of ether oxygens (including phenoxy) is 1. The van der Waals surface area contributed by atoms with Gasteiger partial charge in [0, 0.05) is 25.4 Å². The summed E-state index contributed by atoms with van der Waals surface area (Å²) < 4.78 is 4.92. The molecule has 92 valence electrons. The lowest BCUT2D eigenvalue weighted by molar-refractivity contribution is -0.122. The second kappa shape index (κ2) is 5.29. The molecule has 2 rings (SSSR count). The molecular weight excluding hydrogens is 216 g/mol. The smallest absolute Gasteiger partial charge is 0.252 e. The summed E-state index contributed by atoms with van der Waals surface area (Å²) in [4.78, 5) is 13.7. The molecule has 1 aliphatic heterocycles. The summed E-state index contributed by atoms with van der Waals surface area (Å²) in [6.07, 6.45) is 0.933. The quantitative estimate of drug-likeness (QED) is 0.858. The number of nitrogens with zero attached hydrogens (tertiary/aromatic N) is 1. The van der Waals surface area contributed by atoms with Crippen LogP contribution in [0, 0.1) is 0 Å². The summed E-state index contributed by atoms with van der Waals surface area (Å²) in [5, 5.41) is 3.28. The van der Waals surface area contributed by atoms with Gasteiger partial charge in [-0.15, -0.1) is 0 Å². The molecule has 1 amide bonds. The molecule has 1 heterocycles. The van der Waals surface area contributed by atoms with Gasteiger partial charge in [0.25, 0.3) is 5.91 Å². The van der Waals surface area contributed by atoms with Crippen molar-refractivity contribution in [3.05, 3.63) is 29.8 Å². The van der Waals surface area contributed by atoms with Crippen LogP contribution in [-0.4, -0.2) is 33.2 Å². The Kier molecular flexibility index (Phi) is 3.76. The van der Waals surface area contributed by atoms with E-state index in [9.17, 15) is 4.79 Å². The number of hydrogen-bond donors (Lipinski definition) is 1. The first kappa shape index (κ1) is 12.1. The average molecular weight is 234 g/mol. The molecule has 0 fully saturated rings. The number of amides is 1. The number of anilines is 1. The first-order valence-electron chi connectivity index (χ1n) is 5.83.